The van der Waals surface area contributed by atoms with Gasteiger partial charge in [-0.25, -0.2) is 9.98 Å². The lowest BCUT2D eigenvalue weighted by molar-refractivity contribution is 0.100. The lowest BCUT2D eigenvalue weighted by Crippen LogP contribution is -2.30. The van der Waals surface area contributed by atoms with E-state index in [0.29, 0.717) is 17.1 Å². The number of hydrogen-bond acceptors (Lipinski definition) is 5. The summed E-state index contributed by atoms with van der Waals surface area (Å²) >= 11 is 6.05. The molecule has 1 aliphatic rings. The van der Waals surface area contributed by atoms with Crippen LogP contribution in [0.2, 0.25) is 5.02 Å². The number of rotatable bonds is 6. The maximum atomic E-state index is 12.0. The van der Waals surface area contributed by atoms with Gasteiger partial charge in [0.05, 0.1) is 5.69 Å². The van der Waals surface area contributed by atoms with Gasteiger partial charge >= 0.3 is 0 Å². The van der Waals surface area contributed by atoms with Crippen molar-refractivity contribution in [3.05, 3.63) is 70.0 Å². The molecule has 0 spiro atoms. The lowest BCUT2D eigenvalue weighted by Gasteiger charge is -2.27. The third-order valence-corrected chi connectivity index (χ3v) is 5.36. The van der Waals surface area contributed by atoms with E-state index in [9.17, 15) is 4.79 Å². The van der Waals surface area contributed by atoms with Crippen molar-refractivity contribution in [3.8, 4) is 0 Å². The SMILES string of the molecule is NC(=O)c1c(N=Cc2ccc(N3CCCCC3)nc2)n[nH]c1Cc1cccc(Cl)c1. The number of carbonyl (C=O) groups excluding carboxylic acids is 1. The van der Waals surface area contributed by atoms with E-state index in [4.69, 9.17) is 17.3 Å². The molecule has 4 rings (SSSR count). The predicted octanol–water partition coefficient (Wildman–Crippen LogP) is 3.89. The smallest absolute Gasteiger partial charge is 0.254 e. The Kier molecular flexibility index (Phi) is 6.09. The summed E-state index contributed by atoms with van der Waals surface area (Å²) in [7, 11) is 0. The van der Waals surface area contributed by atoms with Gasteiger partial charge in [0.1, 0.15) is 11.4 Å². The zero-order valence-corrected chi connectivity index (χ0v) is 17.3. The van der Waals surface area contributed by atoms with Gasteiger partial charge in [0, 0.05) is 42.5 Å². The highest BCUT2D eigenvalue weighted by Crippen LogP contribution is 2.23. The van der Waals surface area contributed by atoms with E-state index in [1.165, 1.54) is 19.3 Å². The Morgan fingerprint density at radius 1 is 1.23 bits per heavy atom. The molecular weight excluding hydrogens is 400 g/mol. The molecule has 7 nitrogen and oxygen atoms in total. The van der Waals surface area contributed by atoms with Gasteiger partial charge in [0.2, 0.25) is 0 Å². The minimum Gasteiger partial charge on any atom is -0.365 e. The second-order valence-corrected chi connectivity index (χ2v) is 7.76. The zero-order valence-electron chi connectivity index (χ0n) is 16.5. The van der Waals surface area contributed by atoms with Crippen LogP contribution in [0.15, 0.2) is 47.6 Å². The van der Waals surface area contributed by atoms with Crippen LogP contribution < -0.4 is 10.6 Å². The first kappa shape index (κ1) is 20.1. The first-order chi connectivity index (χ1) is 14.6. The van der Waals surface area contributed by atoms with Gasteiger partial charge in [-0.05, 0) is 49.1 Å². The second kappa shape index (κ2) is 9.09. The zero-order chi connectivity index (χ0) is 20.9. The van der Waals surface area contributed by atoms with Crippen LogP contribution in [0.4, 0.5) is 11.6 Å². The van der Waals surface area contributed by atoms with Gasteiger partial charge in [0.15, 0.2) is 5.82 Å². The normalized spacial score (nSPS) is 14.4. The predicted molar refractivity (Wildman–Crippen MR) is 119 cm³/mol. The minimum atomic E-state index is -0.577. The number of piperidine rings is 1. The van der Waals surface area contributed by atoms with Crippen LogP contribution in [0, 0.1) is 0 Å². The summed E-state index contributed by atoms with van der Waals surface area (Å²) in [5.41, 5.74) is 8.26. The molecule has 1 aliphatic heterocycles. The third kappa shape index (κ3) is 4.68. The average molecular weight is 423 g/mol. The number of aliphatic imine (C=N–C) groups is 1. The monoisotopic (exact) mass is 422 g/mol. The maximum Gasteiger partial charge on any atom is 0.254 e. The average Bonchev–Trinajstić information content (AvgIpc) is 3.16. The van der Waals surface area contributed by atoms with Crippen molar-refractivity contribution in [1.29, 1.82) is 0 Å². The van der Waals surface area contributed by atoms with E-state index in [1.807, 2.05) is 30.3 Å². The Bertz CT molecular complexity index is 1050. The summed E-state index contributed by atoms with van der Waals surface area (Å²) in [4.78, 5) is 23.2. The molecule has 1 aromatic carbocycles. The minimum absolute atomic E-state index is 0.264. The van der Waals surface area contributed by atoms with Crippen LogP contribution in [0.25, 0.3) is 0 Å². The number of pyridine rings is 1. The number of hydrogen-bond donors (Lipinski definition) is 2. The Hall–Kier alpha value is -3.19. The number of nitrogens with one attached hydrogen (secondary N) is 1. The van der Waals surface area contributed by atoms with Gasteiger partial charge in [-0.3, -0.25) is 9.89 Å². The number of nitrogens with zero attached hydrogens (tertiary/aromatic N) is 4. The quantitative estimate of drug-likeness (QED) is 0.588. The summed E-state index contributed by atoms with van der Waals surface area (Å²) in [5.74, 6) is 0.666. The number of carbonyl (C=O) groups is 1. The molecule has 0 radical (unpaired) electrons. The Labute approximate surface area is 180 Å². The highest BCUT2D eigenvalue weighted by molar-refractivity contribution is 6.30. The number of H-pyrrole nitrogens is 1. The first-order valence-electron chi connectivity index (χ1n) is 9.97. The second-order valence-electron chi connectivity index (χ2n) is 7.33. The number of anilines is 1. The van der Waals surface area contributed by atoms with Crippen LogP contribution in [0.5, 0.6) is 0 Å². The number of halogens is 1. The van der Waals surface area contributed by atoms with E-state index < -0.39 is 5.91 Å². The third-order valence-electron chi connectivity index (χ3n) is 5.13. The van der Waals surface area contributed by atoms with Crippen molar-refractivity contribution in [3.63, 3.8) is 0 Å². The van der Waals surface area contributed by atoms with Crippen molar-refractivity contribution in [1.82, 2.24) is 15.2 Å². The van der Waals surface area contributed by atoms with Crippen molar-refractivity contribution >= 4 is 35.4 Å². The number of primary amides is 1. The van der Waals surface area contributed by atoms with E-state index in [2.05, 4.69) is 25.1 Å². The highest BCUT2D eigenvalue weighted by Gasteiger charge is 2.18. The molecule has 0 bridgehead atoms. The molecule has 0 aliphatic carbocycles. The largest absolute Gasteiger partial charge is 0.365 e. The van der Waals surface area contributed by atoms with Crippen molar-refractivity contribution < 1.29 is 4.79 Å². The first-order valence-corrected chi connectivity index (χ1v) is 10.3. The summed E-state index contributed by atoms with van der Waals surface area (Å²) < 4.78 is 0. The van der Waals surface area contributed by atoms with Crippen molar-refractivity contribution in [2.45, 2.75) is 25.7 Å². The van der Waals surface area contributed by atoms with Gasteiger partial charge in [-0.15, -0.1) is 0 Å². The molecule has 0 saturated carbocycles. The molecule has 1 fully saturated rings. The molecule has 3 aromatic rings. The summed E-state index contributed by atoms with van der Waals surface area (Å²) in [5, 5.41) is 7.69. The number of nitrogens with two attached hydrogens (primary N) is 1. The summed E-state index contributed by atoms with van der Waals surface area (Å²) in [6.07, 6.45) is 7.56. The highest BCUT2D eigenvalue weighted by atomic mass is 35.5. The molecule has 3 heterocycles. The van der Waals surface area contributed by atoms with Gasteiger partial charge in [0.25, 0.3) is 5.91 Å². The van der Waals surface area contributed by atoms with Crippen LogP contribution in [0.1, 0.15) is 46.4 Å². The Morgan fingerprint density at radius 2 is 2.07 bits per heavy atom. The Balaban J connectivity index is 1.51. The van der Waals surface area contributed by atoms with Crippen molar-refractivity contribution in [2.75, 3.05) is 18.0 Å². The van der Waals surface area contributed by atoms with E-state index in [1.54, 1.807) is 18.5 Å². The summed E-state index contributed by atoms with van der Waals surface area (Å²) in [6, 6.07) is 11.4. The van der Waals surface area contributed by atoms with E-state index >= 15 is 0 Å². The maximum absolute atomic E-state index is 12.0. The molecular formula is C22H23ClN6O. The molecule has 30 heavy (non-hydrogen) atoms. The molecule has 3 N–H and O–H groups in total. The molecule has 154 valence electrons. The number of aromatic nitrogens is 3. The van der Waals surface area contributed by atoms with Crippen LogP contribution in [0.3, 0.4) is 0 Å². The lowest BCUT2D eigenvalue weighted by atomic mass is 10.1. The fraction of sp³-hybridized carbons (Fsp3) is 0.273. The molecule has 0 unspecified atom stereocenters. The van der Waals surface area contributed by atoms with Crippen molar-refractivity contribution in [2.24, 2.45) is 10.7 Å². The fourth-order valence-corrected chi connectivity index (χ4v) is 3.83. The van der Waals surface area contributed by atoms with E-state index in [-0.39, 0.29) is 11.4 Å². The number of aromatic amines is 1. The molecule has 1 amide bonds. The standard InChI is InChI=1S/C22H23ClN6O/c23-17-6-4-5-15(11-17)12-18-20(21(24)30)22(28-27-18)26-14-16-7-8-19(25-13-16)29-9-2-1-3-10-29/h4-8,11,13-14H,1-3,9-10,12H2,(H2,24,30)(H,27,28). The molecule has 2 aromatic heterocycles. The van der Waals surface area contributed by atoms with Crippen LogP contribution >= 0.6 is 11.6 Å². The van der Waals surface area contributed by atoms with Gasteiger partial charge in [-0.1, -0.05) is 23.7 Å². The summed E-state index contributed by atoms with van der Waals surface area (Å²) in [6.45, 7) is 2.09. The van der Waals surface area contributed by atoms with E-state index in [0.717, 1.165) is 30.0 Å². The molecule has 0 atom stereocenters. The van der Waals surface area contributed by atoms with Gasteiger partial charge < -0.3 is 10.6 Å². The van der Waals surface area contributed by atoms with Crippen LogP contribution in [-0.4, -0.2) is 40.4 Å². The van der Waals surface area contributed by atoms with Crippen LogP contribution in [-0.2, 0) is 6.42 Å². The Morgan fingerprint density at radius 3 is 2.77 bits per heavy atom. The fourth-order valence-electron chi connectivity index (χ4n) is 3.62. The molecule has 1 saturated heterocycles. The molecule has 8 heteroatoms. The topological polar surface area (TPSA) is 100 Å². The number of amides is 1. The van der Waals surface area contributed by atoms with Gasteiger partial charge in [-0.2, -0.15) is 5.10 Å². The number of benzene rings is 1.